The van der Waals surface area contributed by atoms with Gasteiger partial charge in [-0.05, 0) is 49.0 Å². The number of phenols is 1. The van der Waals surface area contributed by atoms with Crippen molar-refractivity contribution in [1.29, 1.82) is 0 Å². The largest absolute Gasteiger partial charge is 0.508 e. The van der Waals surface area contributed by atoms with E-state index in [4.69, 9.17) is 17.3 Å². The molecule has 0 amide bonds. The Labute approximate surface area is 123 Å². The van der Waals surface area contributed by atoms with Gasteiger partial charge in [0.15, 0.2) is 3.95 Å². The second-order valence-electron chi connectivity index (χ2n) is 4.15. The van der Waals surface area contributed by atoms with Crippen molar-refractivity contribution in [3.63, 3.8) is 0 Å². The molecule has 7 heteroatoms. The number of aromatic nitrogens is 1. The standard InChI is InChI=1S/C13H11NO4S2/c1-7(12(17)18)14-11(16)6-10(20-13(14)19)8-2-4-9(15)5-3-8/h2-7,15H,1H3,(H,17,18). The van der Waals surface area contributed by atoms with Crippen LogP contribution >= 0.6 is 23.6 Å². The summed E-state index contributed by atoms with van der Waals surface area (Å²) in [5.74, 6) is -0.979. The Balaban J connectivity index is 2.56. The van der Waals surface area contributed by atoms with Crippen LogP contribution in [0.3, 0.4) is 0 Å². The molecule has 1 aromatic heterocycles. The summed E-state index contributed by atoms with van der Waals surface area (Å²) in [6.07, 6.45) is 0. The number of aliphatic carboxylic acids is 1. The van der Waals surface area contributed by atoms with Crippen molar-refractivity contribution in [1.82, 2.24) is 4.57 Å². The molecule has 2 aromatic rings. The van der Waals surface area contributed by atoms with Gasteiger partial charge < -0.3 is 10.2 Å². The molecule has 1 unspecified atom stereocenters. The smallest absolute Gasteiger partial charge is 0.326 e. The molecule has 1 atom stereocenters. The van der Waals surface area contributed by atoms with Gasteiger partial charge in [0.1, 0.15) is 11.8 Å². The molecule has 1 heterocycles. The molecule has 0 saturated heterocycles. The van der Waals surface area contributed by atoms with Crippen molar-refractivity contribution in [2.75, 3.05) is 0 Å². The van der Waals surface area contributed by atoms with Crippen molar-refractivity contribution in [3.05, 3.63) is 44.6 Å². The summed E-state index contributed by atoms with van der Waals surface area (Å²) in [6, 6.07) is 6.71. The van der Waals surface area contributed by atoms with E-state index in [1.165, 1.54) is 25.1 Å². The fourth-order valence-corrected chi connectivity index (χ4v) is 3.14. The van der Waals surface area contributed by atoms with Crippen molar-refractivity contribution in [2.45, 2.75) is 13.0 Å². The highest BCUT2D eigenvalue weighted by atomic mass is 32.1. The molecular weight excluding hydrogens is 298 g/mol. The SMILES string of the molecule is CC(C(=O)O)n1c(=O)cc(-c2ccc(O)cc2)sc1=S. The molecule has 0 aliphatic heterocycles. The third-order valence-corrected chi connectivity index (χ3v) is 4.17. The monoisotopic (exact) mass is 309 g/mol. The number of hydrogen-bond donors (Lipinski definition) is 2. The lowest BCUT2D eigenvalue weighted by Gasteiger charge is -2.11. The van der Waals surface area contributed by atoms with Gasteiger partial charge in [-0.25, -0.2) is 4.79 Å². The molecule has 2 N–H and O–H groups in total. The Kier molecular flexibility index (Phi) is 4.01. The Bertz CT molecular complexity index is 730. The van der Waals surface area contributed by atoms with Crippen LogP contribution in [0.4, 0.5) is 0 Å². The van der Waals surface area contributed by atoms with Crippen LogP contribution in [0.15, 0.2) is 35.1 Å². The van der Waals surface area contributed by atoms with Gasteiger partial charge in [-0.3, -0.25) is 9.36 Å². The van der Waals surface area contributed by atoms with Gasteiger partial charge in [-0.1, -0.05) is 0 Å². The van der Waals surface area contributed by atoms with E-state index in [2.05, 4.69) is 0 Å². The zero-order valence-corrected chi connectivity index (χ0v) is 12.1. The van der Waals surface area contributed by atoms with E-state index in [0.717, 1.165) is 21.5 Å². The molecule has 104 valence electrons. The topological polar surface area (TPSA) is 79.5 Å². The van der Waals surface area contributed by atoms with E-state index in [1.807, 2.05) is 0 Å². The molecule has 0 spiro atoms. The molecule has 0 aliphatic carbocycles. The minimum atomic E-state index is -1.11. The number of rotatable bonds is 3. The van der Waals surface area contributed by atoms with Crippen LogP contribution in [-0.2, 0) is 4.79 Å². The fraction of sp³-hybridized carbons (Fsp3) is 0.154. The quantitative estimate of drug-likeness (QED) is 0.852. The molecule has 0 saturated carbocycles. The highest BCUT2D eigenvalue weighted by molar-refractivity contribution is 7.73. The Morgan fingerprint density at radius 2 is 1.95 bits per heavy atom. The lowest BCUT2D eigenvalue weighted by Crippen LogP contribution is -2.27. The lowest BCUT2D eigenvalue weighted by atomic mass is 10.2. The lowest BCUT2D eigenvalue weighted by molar-refractivity contribution is -0.140. The van der Waals surface area contributed by atoms with Crippen LogP contribution in [0.1, 0.15) is 13.0 Å². The minimum Gasteiger partial charge on any atom is -0.508 e. The van der Waals surface area contributed by atoms with E-state index >= 15 is 0 Å². The van der Waals surface area contributed by atoms with E-state index in [0.29, 0.717) is 4.88 Å². The van der Waals surface area contributed by atoms with E-state index in [9.17, 15) is 14.7 Å². The van der Waals surface area contributed by atoms with Gasteiger partial charge in [-0.2, -0.15) is 0 Å². The second kappa shape index (κ2) is 5.56. The summed E-state index contributed by atoms with van der Waals surface area (Å²) in [6.45, 7) is 1.41. The minimum absolute atomic E-state index is 0.130. The maximum Gasteiger partial charge on any atom is 0.326 e. The van der Waals surface area contributed by atoms with Gasteiger partial charge in [0.2, 0.25) is 0 Å². The predicted octanol–water partition coefficient (Wildman–Crippen LogP) is 2.66. The molecule has 0 bridgehead atoms. The summed E-state index contributed by atoms with van der Waals surface area (Å²) in [5, 5.41) is 18.2. The third kappa shape index (κ3) is 2.78. The van der Waals surface area contributed by atoms with Gasteiger partial charge in [0.05, 0.1) is 0 Å². The number of hydrogen-bond acceptors (Lipinski definition) is 5. The highest BCUT2D eigenvalue weighted by Crippen LogP contribution is 2.25. The third-order valence-electron chi connectivity index (χ3n) is 2.78. The molecule has 0 aliphatic rings. The Morgan fingerprint density at radius 3 is 2.45 bits per heavy atom. The molecule has 5 nitrogen and oxygen atoms in total. The second-order valence-corrected chi connectivity index (χ2v) is 5.82. The van der Waals surface area contributed by atoms with Crippen LogP contribution in [0.25, 0.3) is 10.4 Å². The summed E-state index contributed by atoms with van der Waals surface area (Å²) in [5.41, 5.74) is 0.290. The number of carboxylic acid groups (broad SMARTS) is 1. The maximum atomic E-state index is 12.0. The van der Waals surface area contributed by atoms with E-state index in [1.54, 1.807) is 12.1 Å². The Hall–Kier alpha value is -1.99. The van der Waals surface area contributed by atoms with Crippen LogP contribution < -0.4 is 5.56 Å². The molecular formula is C13H11NO4S2. The van der Waals surface area contributed by atoms with Crippen LogP contribution in [0.2, 0.25) is 0 Å². The number of carboxylic acids is 1. The molecule has 2 rings (SSSR count). The first-order valence-electron chi connectivity index (χ1n) is 5.69. The van der Waals surface area contributed by atoms with Crippen molar-refractivity contribution in [2.24, 2.45) is 0 Å². The number of nitrogens with zero attached hydrogens (tertiary/aromatic N) is 1. The van der Waals surface area contributed by atoms with Gasteiger partial charge >= 0.3 is 5.97 Å². The average Bonchev–Trinajstić information content (AvgIpc) is 2.38. The molecule has 1 aromatic carbocycles. The van der Waals surface area contributed by atoms with Crippen LogP contribution in [-0.4, -0.2) is 20.7 Å². The summed E-state index contributed by atoms with van der Waals surface area (Å²) in [4.78, 5) is 23.6. The first-order valence-corrected chi connectivity index (χ1v) is 6.91. The van der Waals surface area contributed by atoms with Gasteiger partial charge in [0, 0.05) is 10.9 Å². The number of carbonyl (C=O) groups is 1. The first kappa shape index (κ1) is 14.4. The van der Waals surface area contributed by atoms with Crippen LogP contribution in [0.5, 0.6) is 5.75 Å². The molecule has 20 heavy (non-hydrogen) atoms. The van der Waals surface area contributed by atoms with E-state index < -0.39 is 17.6 Å². The normalized spacial score (nSPS) is 12.1. The van der Waals surface area contributed by atoms with Gasteiger partial charge in [-0.15, -0.1) is 11.3 Å². The predicted molar refractivity (Wildman–Crippen MR) is 78.9 cm³/mol. The van der Waals surface area contributed by atoms with Crippen molar-refractivity contribution in [3.8, 4) is 16.2 Å². The first-order chi connectivity index (χ1) is 9.40. The maximum absolute atomic E-state index is 12.0. The summed E-state index contributed by atoms with van der Waals surface area (Å²) < 4.78 is 1.28. The van der Waals surface area contributed by atoms with Crippen molar-refractivity contribution < 1.29 is 15.0 Å². The van der Waals surface area contributed by atoms with Crippen LogP contribution in [0, 0.1) is 3.95 Å². The number of benzene rings is 1. The van der Waals surface area contributed by atoms with Gasteiger partial charge in [0.25, 0.3) is 5.56 Å². The van der Waals surface area contributed by atoms with Crippen molar-refractivity contribution >= 4 is 29.5 Å². The van der Waals surface area contributed by atoms with E-state index in [-0.39, 0.29) is 9.70 Å². The fourth-order valence-electron chi connectivity index (χ4n) is 1.67. The molecule has 0 radical (unpaired) electrons. The number of phenolic OH excluding ortho intramolecular Hbond substituents is 1. The Morgan fingerprint density at radius 1 is 1.35 bits per heavy atom. The zero-order valence-electron chi connectivity index (χ0n) is 10.4. The molecule has 0 fully saturated rings. The highest BCUT2D eigenvalue weighted by Gasteiger charge is 2.17. The zero-order chi connectivity index (χ0) is 14.9. The number of aromatic hydroxyl groups is 1. The summed E-state index contributed by atoms with van der Waals surface area (Å²) in [7, 11) is 0. The summed E-state index contributed by atoms with van der Waals surface area (Å²) >= 11 is 6.27. The average molecular weight is 309 g/mol.